The van der Waals surface area contributed by atoms with Gasteiger partial charge in [-0.2, -0.15) is 5.10 Å². The molecule has 1 aromatic carbocycles. The van der Waals surface area contributed by atoms with Crippen molar-refractivity contribution in [2.24, 2.45) is 0 Å². The molecule has 0 fully saturated rings. The molecule has 0 spiro atoms. The van der Waals surface area contributed by atoms with Gasteiger partial charge in [-0.3, -0.25) is 4.68 Å². The van der Waals surface area contributed by atoms with Crippen molar-refractivity contribution in [1.82, 2.24) is 15.1 Å². The Hall–Kier alpha value is -0.650. The molecule has 1 heterocycles. The monoisotopic (exact) mass is 413 g/mol. The zero-order chi connectivity index (χ0) is 15.4. The van der Waals surface area contributed by atoms with Gasteiger partial charge in [0.2, 0.25) is 0 Å². The summed E-state index contributed by atoms with van der Waals surface area (Å²) in [5, 5.41) is 8.08. The second-order valence-electron chi connectivity index (χ2n) is 5.26. The van der Waals surface area contributed by atoms with Crippen LogP contribution in [-0.2, 0) is 6.42 Å². The summed E-state index contributed by atoms with van der Waals surface area (Å²) in [6, 6.07) is 9.10. The number of benzene rings is 1. The van der Waals surface area contributed by atoms with Crippen LogP contribution in [0.4, 0.5) is 0 Å². The van der Waals surface area contributed by atoms with Gasteiger partial charge in [0.15, 0.2) is 0 Å². The third-order valence-electron chi connectivity index (χ3n) is 3.81. The van der Waals surface area contributed by atoms with E-state index in [1.807, 2.05) is 7.05 Å². The number of halogens is 2. The normalized spacial score (nSPS) is 14.1. The molecule has 0 radical (unpaired) electrons. The van der Waals surface area contributed by atoms with Crippen LogP contribution >= 0.6 is 31.9 Å². The molecule has 0 saturated carbocycles. The fourth-order valence-corrected chi connectivity index (χ4v) is 3.60. The van der Waals surface area contributed by atoms with Gasteiger partial charge in [-0.25, -0.2) is 0 Å². The van der Waals surface area contributed by atoms with Crippen molar-refractivity contribution < 1.29 is 0 Å². The van der Waals surface area contributed by atoms with Crippen LogP contribution < -0.4 is 5.32 Å². The Morgan fingerprint density at radius 2 is 2.05 bits per heavy atom. The number of nitrogens with zero attached hydrogens (tertiary/aromatic N) is 2. The summed E-state index contributed by atoms with van der Waals surface area (Å²) < 4.78 is 4.24. The molecule has 114 valence electrons. The van der Waals surface area contributed by atoms with Crippen LogP contribution in [0.3, 0.4) is 0 Å². The molecule has 3 nitrogen and oxygen atoms in total. The number of hydrogen-bond donors (Lipinski definition) is 1. The largest absolute Gasteiger partial charge is 0.313 e. The number of hydrogen-bond acceptors (Lipinski definition) is 2. The predicted molar refractivity (Wildman–Crippen MR) is 94.6 cm³/mol. The molecule has 0 aliphatic heterocycles. The highest BCUT2D eigenvalue weighted by atomic mass is 79.9. The van der Waals surface area contributed by atoms with Gasteiger partial charge in [0.1, 0.15) is 0 Å². The Bertz CT molecular complexity index is 595. The maximum absolute atomic E-state index is 4.69. The van der Waals surface area contributed by atoms with Gasteiger partial charge in [-0.05, 0) is 44.2 Å². The molecule has 2 atom stereocenters. The minimum absolute atomic E-state index is 0.243. The molecule has 1 N–H and O–H groups in total. The van der Waals surface area contributed by atoms with Crippen LogP contribution in [0.1, 0.15) is 43.6 Å². The lowest BCUT2D eigenvalue weighted by molar-refractivity contribution is 0.469. The topological polar surface area (TPSA) is 29.9 Å². The van der Waals surface area contributed by atoms with E-state index < -0.39 is 0 Å². The second-order valence-corrected chi connectivity index (χ2v) is 7.03. The van der Waals surface area contributed by atoms with E-state index in [-0.39, 0.29) is 6.04 Å². The van der Waals surface area contributed by atoms with E-state index in [1.54, 1.807) is 0 Å². The summed E-state index contributed by atoms with van der Waals surface area (Å²) in [7, 11) is 1.99. The number of likely N-dealkylation sites (N-methyl/N-ethyl adjacent to an activating group) is 1. The van der Waals surface area contributed by atoms with Gasteiger partial charge in [-0.15, -0.1) is 0 Å². The van der Waals surface area contributed by atoms with Crippen molar-refractivity contribution in [1.29, 1.82) is 0 Å². The number of aromatic nitrogens is 2. The zero-order valence-corrected chi connectivity index (χ0v) is 15.8. The lowest BCUT2D eigenvalue weighted by Crippen LogP contribution is -2.19. The van der Waals surface area contributed by atoms with Gasteiger partial charge in [0.05, 0.1) is 5.69 Å². The van der Waals surface area contributed by atoms with Crippen molar-refractivity contribution in [2.75, 3.05) is 7.05 Å². The lowest BCUT2D eigenvalue weighted by atomic mass is 10.0. The molecule has 0 saturated heterocycles. The summed E-state index contributed by atoms with van der Waals surface area (Å²) in [5.41, 5.74) is 2.36. The first kappa shape index (κ1) is 16.7. The van der Waals surface area contributed by atoms with Crippen molar-refractivity contribution in [2.45, 2.75) is 38.8 Å². The highest BCUT2D eigenvalue weighted by molar-refractivity contribution is 9.11. The predicted octanol–water partition coefficient (Wildman–Crippen LogP) is 4.88. The van der Waals surface area contributed by atoms with Gasteiger partial charge >= 0.3 is 0 Å². The van der Waals surface area contributed by atoms with Crippen LogP contribution in [0.5, 0.6) is 0 Å². The van der Waals surface area contributed by atoms with E-state index in [2.05, 4.69) is 86.2 Å². The standard InChI is InChI=1S/C16H21Br2N3/c1-4-11(2)21-8-7-13(20-21)10-16(19-3)14-6-5-12(17)9-15(14)18/h5-9,11,16,19H,4,10H2,1-3H3. The first-order chi connectivity index (χ1) is 10.0. The van der Waals surface area contributed by atoms with Gasteiger partial charge in [0, 0.05) is 33.6 Å². The first-order valence-corrected chi connectivity index (χ1v) is 8.80. The molecule has 21 heavy (non-hydrogen) atoms. The number of rotatable bonds is 6. The Labute approximate surface area is 143 Å². The summed E-state index contributed by atoms with van der Waals surface area (Å²) in [6.45, 7) is 4.37. The van der Waals surface area contributed by atoms with E-state index in [0.717, 1.165) is 27.5 Å². The van der Waals surface area contributed by atoms with Crippen LogP contribution in [-0.4, -0.2) is 16.8 Å². The van der Waals surface area contributed by atoms with E-state index in [4.69, 9.17) is 5.10 Å². The first-order valence-electron chi connectivity index (χ1n) is 7.21. The van der Waals surface area contributed by atoms with Crippen LogP contribution in [0.15, 0.2) is 39.4 Å². The summed E-state index contributed by atoms with van der Waals surface area (Å²) in [4.78, 5) is 0. The SMILES string of the molecule is CCC(C)n1ccc(CC(NC)c2ccc(Br)cc2Br)n1. The average molecular weight is 415 g/mol. The van der Waals surface area contributed by atoms with Gasteiger partial charge < -0.3 is 5.32 Å². The van der Waals surface area contributed by atoms with Crippen LogP contribution in [0.25, 0.3) is 0 Å². The third-order valence-corrected chi connectivity index (χ3v) is 4.99. The minimum Gasteiger partial charge on any atom is -0.313 e. The van der Waals surface area contributed by atoms with E-state index >= 15 is 0 Å². The van der Waals surface area contributed by atoms with Crippen molar-refractivity contribution >= 4 is 31.9 Å². The Morgan fingerprint density at radius 1 is 1.29 bits per heavy atom. The Balaban J connectivity index is 2.17. The molecule has 2 aromatic rings. The summed E-state index contributed by atoms with van der Waals surface area (Å²) in [5.74, 6) is 0. The quantitative estimate of drug-likeness (QED) is 0.729. The fourth-order valence-electron chi connectivity index (χ4n) is 2.28. The van der Waals surface area contributed by atoms with E-state index in [1.165, 1.54) is 5.56 Å². The molecule has 2 unspecified atom stereocenters. The lowest BCUT2D eigenvalue weighted by Gasteiger charge is -2.17. The van der Waals surface area contributed by atoms with Crippen LogP contribution in [0.2, 0.25) is 0 Å². The van der Waals surface area contributed by atoms with Crippen molar-refractivity contribution in [3.05, 3.63) is 50.7 Å². The Kier molecular flexibility index (Phi) is 6.02. The molecular formula is C16H21Br2N3. The minimum atomic E-state index is 0.243. The number of nitrogens with one attached hydrogen (secondary N) is 1. The zero-order valence-electron chi connectivity index (χ0n) is 12.6. The molecule has 0 amide bonds. The molecule has 0 aliphatic carbocycles. The van der Waals surface area contributed by atoms with Crippen LogP contribution in [0, 0.1) is 0 Å². The summed E-state index contributed by atoms with van der Waals surface area (Å²) in [6.07, 6.45) is 4.04. The smallest absolute Gasteiger partial charge is 0.0643 e. The van der Waals surface area contributed by atoms with Gasteiger partial charge in [0.25, 0.3) is 0 Å². The highest BCUT2D eigenvalue weighted by Crippen LogP contribution is 2.28. The Morgan fingerprint density at radius 3 is 2.67 bits per heavy atom. The summed E-state index contributed by atoms with van der Waals surface area (Å²) >= 11 is 7.14. The molecule has 1 aromatic heterocycles. The molecule has 2 rings (SSSR count). The van der Waals surface area contributed by atoms with Crippen molar-refractivity contribution in [3.8, 4) is 0 Å². The van der Waals surface area contributed by atoms with Gasteiger partial charge in [-0.1, -0.05) is 44.8 Å². The highest BCUT2D eigenvalue weighted by Gasteiger charge is 2.15. The van der Waals surface area contributed by atoms with E-state index in [0.29, 0.717) is 6.04 Å². The fraction of sp³-hybridized carbons (Fsp3) is 0.438. The average Bonchev–Trinajstić information content (AvgIpc) is 2.93. The second kappa shape index (κ2) is 7.56. The molecular weight excluding hydrogens is 394 g/mol. The molecule has 0 bridgehead atoms. The maximum Gasteiger partial charge on any atom is 0.0643 e. The maximum atomic E-state index is 4.69. The van der Waals surface area contributed by atoms with Crippen molar-refractivity contribution in [3.63, 3.8) is 0 Å². The molecule has 5 heteroatoms. The van der Waals surface area contributed by atoms with E-state index in [9.17, 15) is 0 Å². The third kappa shape index (κ3) is 4.18. The molecule has 0 aliphatic rings.